The summed E-state index contributed by atoms with van der Waals surface area (Å²) in [5.74, 6) is 0.345. The van der Waals surface area contributed by atoms with Crippen LogP contribution < -0.4 is 14.8 Å². The number of aromatic nitrogens is 2. The van der Waals surface area contributed by atoms with Crippen LogP contribution >= 0.6 is 0 Å². The van der Waals surface area contributed by atoms with Crippen LogP contribution in [0.1, 0.15) is 23.4 Å². The van der Waals surface area contributed by atoms with Crippen molar-refractivity contribution in [1.82, 2.24) is 15.1 Å². The van der Waals surface area contributed by atoms with Crippen molar-refractivity contribution < 1.29 is 18.3 Å². The summed E-state index contributed by atoms with van der Waals surface area (Å²) in [5, 5.41) is 7.74. The monoisotopic (exact) mass is 339 g/mol. The van der Waals surface area contributed by atoms with Crippen LogP contribution in [0.4, 0.5) is 8.78 Å². The second kappa shape index (κ2) is 8.63. The third kappa shape index (κ3) is 5.19. The molecule has 1 N–H and O–H groups in total. The number of nitrogens with zero attached hydrogens (tertiary/aromatic N) is 2. The highest BCUT2D eigenvalue weighted by molar-refractivity contribution is 5.42. The van der Waals surface area contributed by atoms with E-state index in [2.05, 4.69) is 21.2 Å². The molecule has 7 heteroatoms. The Morgan fingerprint density at radius 3 is 2.62 bits per heavy atom. The van der Waals surface area contributed by atoms with Crippen molar-refractivity contribution in [3.8, 4) is 11.5 Å². The zero-order valence-corrected chi connectivity index (χ0v) is 14.2. The minimum Gasteiger partial charge on any atom is -0.493 e. The fourth-order valence-corrected chi connectivity index (χ4v) is 2.50. The van der Waals surface area contributed by atoms with E-state index >= 15 is 0 Å². The molecule has 0 bridgehead atoms. The van der Waals surface area contributed by atoms with Gasteiger partial charge in [-0.3, -0.25) is 4.68 Å². The minimum absolute atomic E-state index is 0.0424. The van der Waals surface area contributed by atoms with Gasteiger partial charge in [0.25, 0.3) is 0 Å². The first kappa shape index (κ1) is 18.2. The molecule has 0 unspecified atom stereocenters. The first-order valence-electron chi connectivity index (χ1n) is 7.83. The predicted octanol–water partition coefficient (Wildman–Crippen LogP) is 3.29. The third-order valence-electron chi connectivity index (χ3n) is 3.60. The summed E-state index contributed by atoms with van der Waals surface area (Å²) in [6.45, 7) is 3.48. The van der Waals surface area contributed by atoms with E-state index in [9.17, 15) is 8.78 Å². The minimum atomic E-state index is -2.86. The number of methoxy groups -OCH3 is 1. The molecule has 1 heterocycles. The average Bonchev–Trinajstić information content (AvgIpc) is 2.85. The van der Waals surface area contributed by atoms with Gasteiger partial charge in [-0.25, -0.2) is 0 Å². The highest BCUT2D eigenvalue weighted by atomic mass is 19.3. The average molecular weight is 339 g/mol. The van der Waals surface area contributed by atoms with Gasteiger partial charge in [0.1, 0.15) is 0 Å². The van der Waals surface area contributed by atoms with Crippen LogP contribution in [-0.2, 0) is 13.1 Å². The molecule has 0 fully saturated rings. The Balaban J connectivity index is 1.78. The summed E-state index contributed by atoms with van der Waals surface area (Å²) < 4.78 is 36.1. The van der Waals surface area contributed by atoms with Crippen LogP contribution in [0.2, 0.25) is 0 Å². The summed E-state index contributed by atoms with van der Waals surface area (Å²) >= 11 is 0. The molecule has 0 spiro atoms. The second-order valence-electron chi connectivity index (χ2n) is 5.54. The van der Waals surface area contributed by atoms with Gasteiger partial charge >= 0.3 is 6.61 Å². The molecule has 0 saturated heterocycles. The fourth-order valence-electron chi connectivity index (χ4n) is 2.50. The van der Waals surface area contributed by atoms with Crippen LogP contribution in [0, 0.1) is 13.8 Å². The van der Waals surface area contributed by atoms with E-state index in [1.807, 2.05) is 18.5 Å². The predicted molar refractivity (Wildman–Crippen MR) is 87.7 cm³/mol. The van der Waals surface area contributed by atoms with Crippen LogP contribution in [0.15, 0.2) is 24.3 Å². The van der Waals surface area contributed by atoms with E-state index in [-0.39, 0.29) is 5.75 Å². The maximum atomic E-state index is 12.3. The van der Waals surface area contributed by atoms with Crippen LogP contribution in [0.5, 0.6) is 11.5 Å². The Morgan fingerprint density at radius 1 is 1.21 bits per heavy atom. The van der Waals surface area contributed by atoms with Crippen molar-refractivity contribution in [2.24, 2.45) is 0 Å². The van der Waals surface area contributed by atoms with Crippen LogP contribution in [0.25, 0.3) is 0 Å². The molecule has 24 heavy (non-hydrogen) atoms. The summed E-state index contributed by atoms with van der Waals surface area (Å²) in [4.78, 5) is 0. The Morgan fingerprint density at radius 2 is 2.00 bits per heavy atom. The number of hydrogen-bond donors (Lipinski definition) is 1. The SMILES string of the molecule is COc1cc(CNCCCn2nc(C)cc2C)ccc1OC(F)F. The second-order valence-corrected chi connectivity index (χ2v) is 5.54. The molecule has 0 aliphatic carbocycles. The summed E-state index contributed by atoms with van der Waals surface area (Å²) in [7, 11) is 1.43. The van der Waals surface area contributed by atoms with Gasteiger partial charge in [0.05, 0.1) is 12.8 Å². The highest BCUT2D eigenvalue weighted by Crippen LogP contribution is 2.29. The standard InChI is InChI=1S/C17H23F2N3O2/c1-12-9-13(2)22(21-12)8-4-7-20-11-14-5-6-15(24-17(18)19)16(10-14)23-3/h5-6,9-10,17,20H,4,7-8,11H2,1-3H3. The molecule has 2 rings (SSSR count). The summed E-state index contributed by atoms with van der Waals surface area (Å²) in [6, 6.07) is 7.00. The lowest BCUT2D eigenvalue weighted by molar-refractivity contribution is -0.0512. The van der Waals surface area contributed by atoms with Gasteiger partial charge in [-0.05, 0) is 50.6 Å². The Bertz CT molecular complexity index is 659. The van der Waals surface area contributed by atoms with Gasteiger partial charge in [-0.15, -0.1) is 0 Å². The Hall–Kier alpha value is -2.15. The van der Waals surface area contributed by atoms with Gasteiger partial charge in [0.15, 0.2) is 11.5 Å². The number of rotatable bonds is 9. The number of halogens is 2. The summed E-state index contributed by atoms with van der Waals surface area (Å²) in [5.41, 5.74) is 3.13. The number of ether oxygens (including phenoxy) is 2. The Kier molecular flexibility index (Phi) is 6.54. The maximum absolute atomic E-state index is 12.3. The summed E-state index contributed by atoms with van der Waals surface area (Å²) in [6.07, 6.45) is 0.950. The molecule has 5 nitrogen and oxygen atoms in total. The number of aryl methyl sites for hydroxylation is 3. The van der Waals surface area contributed by atoms with Gasteiger partial charge in [-0.1, -0.05) is 6.07 Å². The molecule has 0 atom stereocenters. The van der Waals surface area contributed by atoms with Gasteiger partial charge in [-0.2, -0.15) is 13.9 Å². The van der Waals surface area contributed by atoms with Crippen LogP contribution in [0.3, 0.4) is 0 Å². The molecule has 0 saturated carbocycles. The Labute approximate surface area is 140 Å². The number of nitrogens with one attached hydrogen (secondary N) is 1. The molecule has 1 aromatic carbocycles. The highest BCUT2D eigenvalue weighted by Gasteiger charge is 2.10. The largest absolute Gasteiger partial charge is 0.493 e. The van der Waals surface area contributed by atoms with Crippen molar-refractivity contribution in [3.63, 3.8) is 0 Å². The first-order valence-corrected chi connectivity index (χ1v) is 7.83. The van der Waals surface area contributed by atoms with Crippen molar-refractivity contribution in [2.45, 2.75) is 40.0 Å². The van der Waals surface area contributed by atoms with Crippen molar-refractivity contribution in [3.05, 3.63) is 41.2 Å². The maximum Gasteiger partial charge on any atom is 0.387 e. The van der Waals surface area contributed by atoms with Crippen molar-refractivity contribution in [2.75, 3.05) is 13.7 Å². The van der Waals surface area contributed by atoms with E-state index in [0.717, 1.165) is 36.5 Å². The van der Waals surface area contributed by atoms with Crippen LogP contribution in [-0.4, -0.2) is 30.0 Å². The van der Waals surface area contributed by atoms with Crippen molar-refractivity contribution >= 4 is 0 Å². The topological polar surface area (TPSA) is 48.3 Å². The van der Waals surface area contributed by atoms with Crippen molar-refractivity contribution in [1.29, 1.82) is 0 Å². The zero-order valence-electron chi connectivity index (χ0n) is 14.2. The quantitative estimate of drug-likeness (QED) is 0.712. The molecule has 132 valence electrons. The van der Waals surface area contributed by atoms with Gasteiger partial charge < -0.3 is 14.8 Å². The lowest BCUT2D eigenvalue weighted by Crippen LogP contribution is -2.17. The van der Waals surface area contributed by atoms with E-state index < -0.39 is 6.61 Å². The normalized spacial score (nSPS) is 11.1. The lowest BCUT2D eigenvalue weighted by atomic mass is 10.2. The third-order valence-corrected chi connectivity index (χ3v) is 3.60. The molecular weight excluding hydrogens is 316 g/mol. The molecular formula is C17H23F2N3O2. The van der Waals surface area contributed by atoms with Gasteiger partial charge in [0.2, 0.25) is 0 Å². The van der Waals surface area contributed by atoms with E-state index in [4.69, 9.17) is 4.74 Å². The molecule has 2 aromatic rings. The first-order chi connectivity index (χ1) is 11.5. The van der Waals surface area contributed by atoms with E-state index in [0.29, 0.717) is 12.3 Å². The lowest BCUT2D eigenvalue weighted by Gasteiger charge is -2.12. The molecule has 0 radical (unpaired) electrons. The fraction of sp³-hybridized carbons (Fsp3) is 0.471. The number of benzene rings is 1. The van der Waals surface area contributed by atoms with E-state index in [1.54, 1.807) is 12.1 Å². The molecule has 0 aliphatic rings. The van der Waals surface area contributed by atoms with E-state index in [1.165, 1.54) is 13.2 Å². The molecule has 0 amide bonds. The molecule has 1 aromatic heterocycles. The molecule has 0 aliphatic heterocycles. The smallest absolute Gasteiger partial charge is 0.387 e. The van der Waals surface area contributed by atoms with Gasteiger partial charge in [0, 0.05) is 18.8 Å². The number of hydrogen-bond acceptors (Lipinski definition) is 4. The zero-order chi connectivity index (χ0) is 17.5. The number of alkyl halides is 2.